The molecule has 1 atom stereocenters. The van der Waals surface area contributed by atoms with Crippen LogP contribution in [0.5, 0.6) is 0 Å². The summed E-state index contributed by atoms with van der Waals surface area (Å²) in [6.07, 6.45) is 0. The summed E-state index contributed by atoms with van der Waals surface area (Å²) in [5.41, 5.74) is 2.49. The lowest BCUT2D eigenvalue weighted by Crippen LogP contribution is -2.56. The maximum atomic E-state index is 13.2. The number of hydrogen-bond donors (Lipinski definition) is 1. The molecule has 0 bridgehead atoms. The van der Waals surface area contributed by atoms with Crippen molar-refractivity contribution in [3.63, 3.8) is 0 Å². The van der Waals surface area contributed by atoms with Crippen LogP contribution in [0.4, 0.5) is 5.69 Å². The fourth-order valence-corrected chi connectivity index (χ4v) is 4.20. The molecule has 2 aromatic carbocycles. The van der Waals surface area contributed by atoms with Crippen molar-refractivity contribution in [2.75, 3.05) is 31.5 Å². The molecular formula is C26H35N3O2. The van der Waals surface area contributed by atoms with E-state index in [9.17, 15) is 9.59 Å². The van der Waals surface area contributed by atoms with Gasteiger partial charge in [0.25, 0.3) is 0 Å². The molecule has 31 heavy (non-hydrogen) atoms. The molecule has 166 valence electrons. The molecule has 5 heteroatoms. The van der Waals surface area contributed by atoms with E-state index >= 15 is 0 Å². The smallest absolute Gasteiger partial charge is 0.241 e. The minimum Gasteiger partial charge on any atom is -0.339 e. The molecule has 2 aromatic rings. The van der Waals surface area contributed by atoms with Gasteiger partial charge in [-0.05, 0) is 43.9 Å². The summed E-state index contributed by atoms with van der Waals surface area (Å²) in [7, 11) is 0. The Morgan fingerprint density at radius 1 is 0.871 bits per heavy atom. The molecule has 0 saturated carbocycles. The summed E-state index contributed by atoms with van der Waals surface area (Å²) >= 11 is 0. The number of anilines is 1. The molecule has 1 fully saturated rings. The van der Waals surface area contributed by atoms with Crippen LogP contribution in [0, 0.1) is 0 Å². The lowest BCUT2D eigenvalue weighted by molar-refractivity contribution is -0.138. The Kier molecular flexibility index (Phi) is 7.16. The van der Waals surface area contributed by atoms with Crippen LogP contribution in [-0.2, 0) is 15.0 Å². The Morgan fingerprint density at radius 2 is 1.45 bits per heavy atom. The highest BCUT2D eigenvalue weighted by molar-refractivity contribution is 5.95. The first-order valence-electron chi connectivity index (χ1n) is 11.2. The van der Waals surface area contributed by atoms with Gasteiger partial charge in [0.15, 0.2) is 0 Å². The summed E-state index contributed by atoms with van der Waals surface area (Å²) < 4.78 is 0. The predicted molar refractivity (Wildman–Crippen MR) is 126 cm³/mol. The molecule has 0 radical (unpaired) electrons. The van der Waals surface area contributed by atoms with Crippen molar-refractivity contribution in [3.05, 3.63) is 65.7 Å². The van der Waals surface area contributed by atoms with E-state index in [1.54, 1.807) is 0 Å². The number of nitrogens with one attached hydrogen (secondary N) is 1. The van der Waals surface area contributed by atoms with Crippen LogP contribution in [0.1, 0.15) is 51.7 Å². The predicted octanol–water partition coefficient (Wildman–Crippen LogP) is 4.26. The fourth-order valence-electron chi connectivity index (χ4n) is 4.20. The quantitative estimate of drug-likeness (QED) is 0.758. The number of para-hydroxylation sites is 1. The largest absolute Gasteiger partial charge is 0.339 e. The van der Waals surface area contributed by atoms with Crippen LogP contribution in [0.2, 0.25) is 0 Å². The molecular weight excluding hydrogens is 386 g/mol. The molecule has 0 aliphatic carbocycles. The van der Waals surface area contributed by atoms with E-state index in [1.807, 2.05) is 74.2 Å². The highest BCUT2D eigenvalue weighted by Gasteiger charge is 2.36. The van der Waals surface area contributed by atoms with Crippen molar-refractivity contribution in [1.29, 1.82) is 0 Å². The van der Waals surface area contributed by atoms with Crippen molar-refractivity contribution < 1.29 is 9.59 Å². The number of carbonyl (C=O) groups excluding carboxylic acids is 2. The fraction of sp³-hybridized carbons (Fsp3) is 0.462. The average Bonchev–Trinajstić information content (AvgIpc) is 2.79. The third-order valence-corrected chi connectivity index (χ3v) is 6.40. The molecule has 3 rings (SSSR count). The zero-order chi connectivity index (χ0) is 22.6. The van der Waals surface area contributed by atoms with Crippen LogP contribution in [0.3, 0.4) is 0 Å². The number of carbonyl (C=O) groups is 2. The van der Waals surface area contributed by atoms with E-state index in [1.165, 1.54) is 0 Å². The Balaban J connectivity index is 1.59. The van der Waals surface area contributed by atoms with Gasteiger partial charge in [0.05, 0.1) is 11.5 Å². The van der Waals surface area contributed by atoms with Gasteiger partial charge >= 0.3 is 0 Å². The van der Waals surface area contributed by atoms with Crippen molar-refractivity contribution in [2.45, 2.75) is 52.0 Å². The highest BCUT2D eigenvalue weighted by Crippen LogP contribution is 2.27. The highest BCUT2D eigenvalue weighted by atomic mass is 16.2. The molecule has 2 amide bonds. The van der Waals surface area contributed by atoms with Crippen molar-refractivity contribution in [3.8, 4) is 0 Å². The monoisotopic (exact) mass is 421 g/mol. The van der Waals surface area contributed by atoms with Gasteiger partial charge in [-0.25, -0.2) is 0 Å². The van der Waals surface area contributed by atoms with Gasteiger partial charge in [-0.1, -0.05) is 62.4 Å². The van der Waals surface area contributed by atoms with Crippen LogP contribution < -0.4 is 5.32 Å². The van der Waals surface area contributed by atoms with Gasteiger partial charge in [-0.15, -0.1) is 0 Å². The first-order valence-corrected chi connectivity index (χ1v) is 11.2. The standard InChI is InChI=1S/C26H35N3O2/c1-19(2)22-13-9-10-14-23(22)27-24(30)20(3)28-15-17-29(18-16-28)25(31)26(4,5)21-11-7-6-8-12-21/h6-14,19-20H,15-18H2,1-5H3,(H,27,30). The molecule has 1 saturated heterocycles. The van der Waals surface area contributed by atoms with Gasteiger partial charge in [-0.2, -0.15) is 0 Å². The molecule has 0 spiro atoms. The maximum Gasteiger partial charge on any atom is 0.241 e. The first kappa shape index (κ1) is 23.0. The Morgan fingerprint density at radius 3 is 2.06 bits per heavy atom. The summed E-state index contributed by atoms with van der Waals surface area (Å²) in [5.74, 6) is 0.480. The number of amides is 2. The molecule has 1 aliphatic heterocycles. The topological polar surface area (TPSA) is 52.7 Å². The Labute approximate surface area is 186 Å². The second-order valence-electron chi connectivity index (χ2n) is 9.23. The second-order valence-corrected chi connectivity index (χ2v) is 9.23. The minimum atomic E-state index is -0.563. The van der Waals surface area contributed by atoms with Gasteiger partial charge in [0.2, 0.25) is 11.8 Å². The van der Waals surface area contributed by atoms with E-state index in [4.69, 9.17) is 0 Å². The van der Waals surface area contributed by atoms with Gasteiger partial charge in [0.1, 0.15) is 0 Å². The molecule has 1 unspecified atom stereocenters. The normalized spacial score (nSPS) is 16.3. The van der Waals surface area contributed by atoms with E-state index in [0.717, 1.165) is 16.8 Å². The number of piperazine rings is 1. The van der Waals surface area contributed by atoms with Crippen molar-refractivity contribution in [2.24, 2.45) is 0 Å². The van der Waals surface area contributed by atoms with Gasteiger partial charge in [0, 0.05) is 31.9 Å². The number of rotatable bonds is 6. The van der Waals surface area contributed by atoms with Crippen LogP contribution >= 0.6 is 0 Å². The van der Waals surface area contributed by atoms with Crippen LogP contribution in [0.25, 0.3) is 0 Å². The number of nitrogens with zero attached hydrogens (tertiary/aromatic N) is 2. The zero-order valence-electron chi connectivity index (χ0n) is 19.4. The van der Waals surface area contributed by atoms with Crippen LogP contribution in [0.15, 0.2) is 54.6 Å². The molecule has 0 aromatic heterocycles. The third kappa shape index (κ3) is 5.16. The second kappa shape index (κ2) is 9.65. The Hall–Kier alpha value is -2.66. The summed E-state index contributed by atoms with van der Waals surface area (Å²) in [6, 6.07) is 17.7. The Bertz CT molecular complexity index is 900. The van der Waals surface area contributed by atoms with E-state index in [-0.39, 0.29) is 17.9 Å². The average molecular weight is 422 g/mol. The zero-order valence-corrected chi connectivity index (χ0v) is 19.4. The van der Waals surface area contributed by atoms with Gasteiger partial charge < -0.3 is 10.2 Å². The molecule has 1 heterocycles. The minimum absolute atomic E-state index is 0.00232. The summed E-state index contributed by atoms with van der Waals surface area (Å²) in [5, 5.41) is 3.11. The lowest BCUT2D eigenvalue weighted by atomic mass is 9.83. The SMILES string of the molecule is CC(C)c1ccccc1NC(=O)C(C)N1CCN(C(=O)C(C)(C)c2ccccc2)CC1. The number of hydrogen-bond acceptors (Lipinski definition) is 3. The van der Waals surface area contributed by atoms with Gasteiger partial charge in [-0.3, -0.25) is 14.5 Å². The maximum absolute atomic E-state index is 13.2. The third-order valence-electron chi connectivity index (χ3n) is 6.40. The first-order chi connectivity index (χ1) is 14.7. The van der Waals surface area contributed by atoms with E-state index in [0.29, 0.717) is 32.1 Å². The van der Waals surface area contributed by atoms with E-state index < -0.39 is 5.41 Å². The summed E-state index contributed by atoms with van der Waals surface area (Å²) in [6.45, 7) is 12.8. The van der Waals surface area contributed by atoms with Crippen molar-refractivity contribution >= 4 is 17.5 Å². The van der Waals surface area contributed by atoms with Crippen molar-refractivity contribution in [1.82, 2.24) is 9.80 Å². The molecule has 1 N–H and O–H groups in total. The van der Waals surface area contributed by atoms with Crippen LogP contribution in [-0.4, -0.2) is 53.8 Å². The molecule has 5 nitrogen and oxygen atoms in total. The lowest BCUT2D eigenvalue weighted by Gasteiger charge is -2.40. The number of benzene rings is 2. The summed E-state index contributed by atoms with van der Waals surface area (Å²) in [4.78, 5) is 30.2. The van der Waals surface area contributed by atoms with E-state index in [2.05, 4.69) is 30.1 Å². The molecule has 1 aliphatic rings.